The van der Waals surface area contributed by atoms with Gasteiger partial charge in [-0.3, -0.25) is 10.1 Å². The molecule has 1 fully saturated rings. The van der Waals surface area contributed by atoms with Crippen LogP contribution >= 0.6 is 0 Å². The molecule has 84 valence electrons. The first kappa shape index (κ1) is 12.0. The van der Waals surface area contributed by atoms with Crippen LogP contribution in [0.2, 0.25) is 0 Å². The van der Waals surface area contributed by atoms with Crippen molar-refractivity contribution in [2.45, 2.75) is 25.4 Å². The maximum absolute atomic E-state index is 11.3. The second kappa shape index (κ2) is 6.44. The summed E-state index contributed by atoms with van der Waals surface area (Å²) in [6.07, 6.45) is 7.52. The fourth-order valence-corrected chi connectivity index (χ4v) is 1.80. The molecule has 1 aliphatic carbocycles. The lowest BCUT2D eigenvalue weighted by atomic mass is 10.1. The number of aliphatic hydroxyl groups excluding tert-OH is 1. The molecule has 1 amide bonds. The molecule has 3 N–H and O–H groups in total. The number of amides is 1. The summed E-state index contributed by atoms with van der Waals surface area (Å²) >= 11 is 0. The molecular formula is C11H18N2O2. The zero-order valence-electron chi connectivity index (χ0n) is 8.83. The topological polar surface area (TPSA) is 61.4 Å². The van der Waals surface area contributed by atoms with Crippen molar-refractivity contribution in [2.75, 3.05) is 19.6 Å². The number of aliphatic hydroxyl groups is 1. The minimum atomic E-state index is -0.175. The number of hydrogen-bond acceptors (Lipinski definition) is 3. The first-order chi connectivity index (χ1) is 7.22. The van der Waals surface area contributed by atoms with Crippen LogP contribution in [-0.4, -0.2) is 36.8 Å². The Morgan fingerprint density at radius 1 is 1.53 bits per heavy atom. The second-order valence-electron chi connectivity index (χ2n) is 3.94. The zero-order chi connectivity index (χ0) is 11.1. The van der Waals surface area contributed by atoms with Crippen molar-refractivity contribution < 1.29 is 9.90 Å². The fourth-order valence-electron chi connectivity index (χ4n) is 1.80. The molecule has 1 saturated carbocycles. The van der Waals surface area contributed by atoms with E-state index in [1.807, 2.05) is 0 Å². The van der Waals surface area contributed by atoms with Gasteiger partial charge in [0.25, 0.3) is 0 Å². The molecule has 4 heteroatoms. The predicted molar refractivity (Wildman–Crippen MR) is 58.1 cm³/mol. The summed E-state index contributed by atoms with van der Waals surface area (Å²) < 4.78 is 0. The summed E-state index contributed by atoms with van der Waals surface area (Å²) in [6, 6.07) is 0. The monoisotopic (exact) mass is 210 g/mol. The highest BCUT2D eigenvalue weighted by molar-refractivity contribution is 5.77. The van der Waals surface area contributed by atoms with Crippen molar-refractivity contribution in [3.8, 4) is 12.3 Å². The summed E-state index contributed by atoms with van der Waals surface area (Å²) in [7, 11) is 0. The lowest BCUT2D eigenvalue weighted by Crippen LogP contribution is -2.36. The molecule has 0 bridgehead atoms. The van der Waals surface area contributed by atoms with E-state index >= 15 is 0 Å². The molecule has 15 heavy (non-hydrogen) atoms. The van der Waals surface area contributed by atoms with Gasteiger partial charge < -0.3 is 10.4 Å². The van der Waals surface area contributed by atoms with Crippen LogP contribution in [0.15, 0.2) is 0 Å². The smallest absolute Gasteiger partial charge is 0.233 e. The van der Waals surface area contributed by atoms with Crippen LogP contribution in [0.4, 0.5) is 0 Å². The number of nitrogens with one attached hydrogen (secondary N) is 2. The molecule has 0 heterocycles. The van der Waals surface area contributed by atoms with Gasteiger partial charge in [0, 0.05) is 6.54 Å². The molecule has 0 aromatic carbocycles. The average molecular weight is 210 g/mol. The van der Waals surface area contributed by atoms with Gasteiger partial charge in [-0.15, -0.1) is 6.42 Å². The summed E-state index contributed by atoms with van der Waals surface area (Å²) in [5.41, 5.74) is 0. The van der Waals surface area contributed by atoms with Crippen LogP contribution < -0.4 is 10.6 Å². The number of rotatable bonds is 5. The lowest BCUT2D eigenvalue weighted by Gasteiger charge is -2.10. The highest BCUT2D eigenvalue weighted by Gasteiger charge is 2.22. The molecule has 1 rings (SSSR count). The highest BCUT2D eigenvalue weighted by Crippen LogP contribution is 2.24. The minimum absolute atomic E-state index is 0.0355. The molecule has 0 spiro atoms. The van der Waals surface area contributed by atoms with E-state index in [1.54, 1.807) is 0 Å². The van der Waals surface area contributed by atoms with Crippen LogP contribution in [0.5, 0.6) is 0 Å². The van der Waals surface area contributed by atoms with Gasteiger partial charge in [0.05, 0.1) is 19.2 Å². The third-order valence-electron chi connectivity index (χ3n) is 2.61. The van der Waals surface area contributed by atoms with Crippen molar-refractivity contribution in [3.05, 3.63) is 0 Å². The Morgan fingerprint density at radius 3 is 2.93 bits per heavy atom. The lowest BCUT2D eigenvalue weighted by molar-refractivity contribution is -0.120. The van der Waals surface area contributed by atoms with Crippen molar-refractivity contribution in [3.63, 3.8) is 0 Å². The van der Waals surface area contributed by atoms with Crippen molar-refractivity contribution in [2.24, 2.45) is 5.92 Å². The fraction of sp³-hybridized carbons (Fsp3) is 0.727. The average Bonchev–Trinajstić information content (AvgIpc) is 2.62. The van der Waals surface area contributed by atoms with E-state index in [-0.39, 0.29) is 18.6 Å². The number of carbonyl (C=O) groups is 1. The number of hydrogen-bond donors (Lipinski definition) is 3. The Bertz CT molecular complexity index is 247. The van der Waals surface area contributed by atoms with Gasteiger partial charge in [-0.2, -0.15) is 0 Å². The quantitative estimate of drug-likeness (QED) is 0.423. The van der Waals surface area contributed by atoms with Crippen LogP contribution in [0.1, 0.15) is 19.3 Å². The van der Waals surface area contributed by atoms with E-state index in [4.69, 9.17) is 6.42 Å². The van der Waals surface area contributed by atoms with Crippen LogP contribution in [0, 0.1) is 18.3 Å². The zero-order valence-corrected chi connectivity index (χ0v) is 8.83. The summed E-state index contributed by atoms with van der Waals surface area (Å²) in [5.74, 6) is 2.79. The molecule has 0 saturated heterocycles. The van der Waals surface area contributed by atoms with Gasteiger partial charge in [-0.05, 0) is 25.2 Å². The van der Waals surface area contributed by atoms with Crippen LogP contribution in [-0.2, 0) is 4.79 Å². The second-order valence-corrected chi connectivity index (χ2v) is 3.94. The number of carbonyl (C=O) groups excluding carboxylic acids is 1. The Hall–Kier alpha value is -1.05. The SMILES string of the molecule is C#CCNCC(=O)NCC1CCC(O)C1. The maximum atomic E-state index is 11.3. The van der Waals surface area contributed by atoms with Gasteiger partial charge in [0.15, 0.2) is 0 Å². The first-order valence-electron chi connectivity index (χ1n) is 5.31. The van der Waals surface area contributed by atoms with E-state index in [0.717, 1.165) is 19.3 Å². The van der Waals surface area contributed by atoms with E-state index in [2.05, 4.69) is 16.6 Å². The summed E-state index contributed by atoms with van der Waals surface area (Å²) in [6.45, 7) is 1.34. The Morgan fingerprint density at radius 2 is 2.33 bits per heavy atom. The minimum Gasteiger partial charge on any atom is -0.393 e. The molecule has 2 unspecified atom stereocenters. The Labute approximate surface area is 90.4 Å². The van der Waals surface area contributed by atoms with Crippen molar-refractivity contribution in [1.29, 1.82) is 0 Å². The molecule has 0 aliphatic heterocycles. The van der Waals surface area contributed by atoms with Gasteiger partial charge in [0.1, 0.15) is 0 Å². The maximum Gasteiger partial charge on any atom is 0.233 e. The first-order valence-corrected chi connectivity index (χ1v) is 5.31. The van der Waals surface area contributed by atoms with E-state index in [1.165, 1.54) is 0 Å². The van der Waals surface area contributed by atoms with Crippen molar-refractivity contribution in [1.82, 2.24) is 10.6 Å². The third-order valence-corrected chi connectivity index (χ3v) is 2.61. The van der Waals surface area contributed by atoms with Gasteiger partial charge in [-0.1, -0.05) is 5.92 Å². The number of terminal acetylenes is 1. The van der Waals surface area contributed by atoms with Crippen molar-refractivity contribution >= 4 is 5.91 Å². The standard InChI is InChI=1S/C11H18N2O2/c1-2-5-12-8-11(15)13-7-9-3-4-10(14)6-9/h1,9-10,12,14H,3-8H2,(H,13,15). The molecule has 0 aromatic rings. The molecule has 0 aromatic heterocycles. The third kappa shape index (κ3) is 4.82. The normalized spacial score (nSPS) is 24.8. The van der Waals surface area contributed by atoms with Gasteiger partial charge in [0.2, 0.25) is 5.91 Å². The van der Waals surface area contributed by atoms with Gasteiger partial charge in [-0.25, -0.2) is 0 Å². The van der Waals surface area contributed by atoms with Crippen LogP contribution in [0.25, 0.3) is 0 Å². The Kier molecular flexibility index (Phi) is 5.16. The highest BCUT2D eigenvalue weighted by atomic mass is 16.3. The molecule has 2 atom stereocenters. The largest absolute Gasteiger partial charge is 0.393 e. The van der Waals surface area contributed by atoms with E-state index in [0.29, 0.717) is 19.0 Å². The molecule has 0 radical (unpaired) electrons. The van der Waals surface area contributed by atoms with E-state index < -0.39 is 0 Å². The Balaban J connectivity index is 2.04. The van der Waals surface area contributed by atoms with Gasteiger partial charge >= 0.3 is 0 Å². The predicted octanol–water partition coefficient (Wildman–Crippen LogP) is -0.514. The summed E-state index contributed by atoms with van der Waals surface area (Å²) in [5, 5.41) is 14.9. The molecule has 4 nitrogen and oxygen atoms in total. The van der Waals surface area contributed by atoms with E-state index in [9.17, 15) is 9.90 Å². The van der Waals surface area contributed by atoms with Crippen LogP contribution in [0.3, 0.4) is 0 Å². The summed E-state index contributed by atoms with van der Waals surface area (Å²) in [4.78, 5) is 11.3. The molecular weight excluding hydrogens is 192 g/mol. The molecule has 1 aliphatic rings.